The molecule has 2 atom stereocenters. The second-order valence-electron chi connectivity index (χ2n) is 4.74. The topological polar surface area (TPSA) is 45.1 Å². The molecule has 2 aromatic rings. The Hall–Kier alpha value is -1.75. The van der Waals surface area contributed by atoms with Crippen LogP contribution < -0.4 is 5.32 Å². The molecule has 0 amide bonds. The third-order valence-electron chi connectivity index (χ3n) is 3.29. The van der Waals surface area contributed by atoms with Crippen LogP contribution in [0.25, 0.3) is 10.9 Å². The molecule has 0 aliphatic rings. The first-order chi connectivity index (χ1) is 9.02. The van der Waals surface area contributed by atoms with E-state index in [0.717, 1.165) is 6.07 Å². The lowest BCUT2D eigenvalue weighted by Crippen LogP contribution is -2.26. The Morgan fingerprint density at radius 1 is 1.32 bits per heavy atom. The first kappa shape index (κ1) is 13.7. The first-order valence-corrected chi connectivity index (χ1v) is 6.14. The zero-order valence-electron chi connectivity index (χ0n) is 10.8. The number of benzene rings is 1. The minimum absolute atomic E-state index is 0.0260. The second kappa shape index (κ2) is 5.48. The molecule has 0 saturated heterocycles. The van der Waals surface area contributed by atoms with Crippen molar-refractivity contribution in [3.63, 3.8) is 0 Å². The van der Waals surface area contributed by atoms with Gasteiger partial charge in [0.25, 0.3) is 0 Å². The summed E-state index contributed by atoms with van der Waals surface area (Å²) in [5.74, 6) is -1.29. The van der Waals surface area contributed by atoms with E-state index in [0.29, 0.717) is 11.1 Å². The Labute approximate surface area is 110 Å². The number of nitrogens with zero attached hydrogens (tertiary/aromatic N) is 1. The number of nitrogens with one attached hydrogen (secondary N) is 1. The molecule has 3 nitrogen and oxygen atoms in total. The molecule has 0 radical (unpaired) electrons. The monoisotopic (exact) mass is 266 g/mol. The molecule has 2 rings (SSSR count). The molecular formula is C14H16F2N2O. The van der Waals surface area contributed by atoms with E-state index >= 15 is 0 Å². The van der Waals surface area contributed by atoms with E-state index in [2.05, 4.69) is 10.3 Å². The van der Waals surface area contributed by atoms with Gasteiger partial charge in [0.1, 0.15) is 11.3 Å². The van der Waals surface area contributed by atoms with Crippen LogP contribution in [0, 0.1) is 17.6 Å². The highest BCUT2D eigenvalue weighted by atomic mass is 19.1. The van der Waals surface area contributed by atoms with Gasteiger partial charge in [-0.1, -0.05) is 6.92 Å². The predicted octanol–water partition coefficient (Wildman–Crippen LogP) is 2.94. The van der Waals surface area contributed by atoms with Crippen LogP contribution in [0.2, 0.25) is 0 Å². The van der Waals surface area contributed by atoms with Gasteiger partial charge < -0.3 is 10.4 Å². The van der Waals surface area contributed by atoms with Crippen molar-refractivity contribution in [1.82, 2.24) is 4.98 Å². The number of fused-ring (bicyclic) bond motifs is 1. The van der Waals surface area contributed by atoms with E-state index in [-0.39, 0.29) is 24.1 Å². The number of hydrogen-bond acceptors (Lipinski definition) is 3. The summed E-state index contributed by atoms with van der Waals surface area (Å²) < 4.78 is 26.9. The fourth-order valence-electron chi connectivity index (χ4n) is 1.85. The molecule has 2 N–H and O–H groups in total. The van der Waals surface area contributed by atoms with E-state index in [9.17, 15) is 8.78 Å². The fraction of sp³-hybridized carbons (Fsp3) is 0.357. The van der Waals surface area contributed by atoms with Crippen LogP contribution in [-0.4, -0.2) is 22.7 Å². The van der Waals surface area contributed by atoms with Gasteiger partial charge >= 0.3 is 0 Å². The summed E-state index contributed by atoms with van der Waals surface area (Å²) >= 11 is 0. The molecule has 0 fully saturated rings. The van der Waals surface area contributed by atoms with Crippen LogP contribution in [0.3, 0.4) is 0 Å². The van der Waals surface area contributed by atoms with Crippen LogP contribution in [0.1, 0.15) is 13.8 Å². The van der Waals surface area contributed by atoms with Crippen molar-refractivity contribution < 1.29 is 13.9 Å². The molecule has 0 saturated carbocycles. The SMILES string of the molecule is CC(CO)C(C)Nc1ccnc2c(F)cc(F)cc12. The summed E-state index contributed by atoms with van der Waals surface area (Å²) in [5.41, 5.74) is 0.742. The number of halogens is 2. The summed E-state index contributed by atoms with van der Waals surface area (Å²) in [7, 11) is 0. The molecule has 0 aliphatic heterocycles. The van der Waals surface area contributed by atoms with Gasteiger partial charge in [-0.2, -0.15) is 0 Å². The summed E-state index contributed by atoms with van der Waals surface area (Å²) in [6.07, 6.45) is 1.47. The number of aliphatic hydroxyl groups is 1. The molecule has 102 valence electrons. The van der Waals surface area contributed by atoms with E-state index in [1.54, 1.807) is 6.07 Å². The zero-order chi connectivity index (χ0) is 14.0. The van der Waals surface area contributed by atoms with E-state index in [1.807, 2.05) is 13.8 Å². The van der Waals surface area contributed by atoms with Gasteiger partial charge in [-0.3, -0.25) is 4.98 Å². The molecule has 1 aromatic carbocycles. The molecular weight excluding hydrogens is 250 g/mol. The summed E-state index contributed by atoms with van der Waals surface area (Å²) in [6, 6.07) is 3.71. The highest BCUT2D eigenvalue weighted by Crippen LogP contribution is 2.26. The third-order valence-corrected chi connectivity index (χ3v) is 3.29. The highest BCUT2D eigenvalue weighted by molar-refractivity contribution is 5.91. The average Bonchev–Trinajstić information content (AvgIpc) is 2.38. The van der Waals surface area contributed by atoms with Gasteiger partial charge in [0.2, 0.25) is 0 Å². The van der Waals surface area contributed by atoms with Gasteiger partial charge in [-0.15, -0.1) is 0 Å². The van der Waals surface area contributed by atoms with Crippen LogP contribution >= 0.6 is 0 Å². The lowest BCUT2D eigenvalue weighted by molar-refractivity contribution is 0.226. The molecule has 19 heavy (non-hydrogen) atoms. The van der Waals surface area contributed by atoms with Crippen LogP contribution in [0.5, 0.6) is 0 Å². The number of hydrogen-bond donors (Lipinski definition) is 2. The summed E-state index contributed by atoms with van der Waals surface area (Å²) in [4.78, 5) is 3.92. The zero-order valence-corrected chi connectivity index (χ0v) is 10.8. The third kappa shape index (κ3) is 2.81. The first-order valence-electron chi connectivity index (χ1n) is 6.14. The maximum absolute atomic E-state index is 13.6. The normalized spacial score (nSPS) is 14.4. The quantitative estimate of drug-likeness (QED) is 0.894. The van der Waals surface area contributed by atoms with Crippen molar-refractivity contribution in [2.24, 2.45) is 5.92 Å². The lowest BCUT2D eigenvalue weighted by atomic mass is 10.0. The Kier molecular flexibility index (Phi) is 3.95. The number of pyridine rings is 1. The smallest absolute Gasteiger partial charge is 0.152 e. The van der Waals surface area contributed by atoms with Crippen molar-refractivity contribution in [3.05, 3.63) is 36.0 Å². The van der Waals surface area contributed by atoms with Crippen LogP contribution in [0.4, 0.5) is 14.5 Å². The molecule has 2 unspecified atom stereocenters. The number of aromatic nitrogens is 1. The van der Waals surface area contributed by atoms with Gasteiger partial charge in [-0.25, -0.2) is 8.78 Å². The Morgan fingerprint density at radius 2 is 2.05 bits per heavy atom. The van der Waals surface area contributed by atoms with Crippen LogP contribution in [0.15, 0.2) is 24.4 Å². The predicted molar refractivity (Wildman–Crippen MR) is 71.0 cm³/mol. The molecule has 0 bridgehead atoms. The second-order valence-corrected chi connectivity index (χ2v) is 4.74. The van der Waals surface area contributed by atoms with E-state index < -0.39 is 11.6 Å². The Bertz CT molecular complexity index is 589. The summed E-state index contributed by atoms with van der Waals surface area (Å²) in [5, 5.41) is 12.7. The molecule has 0 spiro atoms. The molecule has 1 heterocycles. The molecule has 1 aromatic heterocycles. The fourth-order valence-corrected chi connectivity index (χ4v) is 1.85. The Morgan fingerprint density at radius 3 is 2.74 bits per heavy atom. The maximum atomic E-state index is 13.6. The van der Waals surface area contributed by atoms with Gasteiger partial charge in [0, 0.05) is 36.0 Å². The standard InChI is InChI=1S/C14H16F2N2O/c1-8(7-19)9(2)18-13-3-4-17-14-11(13)5-10(15)6-12(14)16/h3-6,8-9,19H,7H2,1-2H3,(H,17,18). The number of aliphatic hydroxyl groups excluding tert-OH is 1. The van der Waals surface area contributed by atoms with Crippen molar-refractivity contribution in [1.29, 1.82) is 0 Å². The van der Waals surface area contributed by atoms with E-state index in [1.165, 1.54) is 12.3 Å². The highest BCUT2D eigenvalue weighted by Gasteiger charge is 2.14. The molecule has 0 aliphatic carbocycles. The maximum Gasteiger partial charge on any atom is 0.152 e. The minimum atomic E-state index is -0.679. The van der Waals surface area contributed by atoms with Crippen molar-refractivity contribution >= 4 is 16.6 Å². The van der Waals surface area contributed by atoms with Crippen LogP contribution in [-0.2, 0) is 0 Å². The van der Waals surface area contributed by atoms with Crippen molar-refractivity contribution in [2.45, 2.75) is 19.9 Å². The number of anilines is 1. The number of rotatable bonds is 4. The van der Waals surface area contributed by atoms with Gasteiger partial charge in [0.15, 0.2) is 5.82 Å². The van der Waals surface area contributed by atoms with Gasteiger partial charge in [0.05, 0.1) is 0 Å². The lowest BCUT2D eigenvalue weighted by Gasteiger charge is -2.21. The summed E-state index contributed by atoms with van der Waals surface area (Å²) in [6.45, 7) is 3.84. The van der Waals surface area contributed by atoms with Crippen molar-refractivity contribution in [2.75, 3.05) is 11.9 Å². The van der Waals surface area contributed by atoms with Crippen molar-refractivity contribution in [3.8, 4) is 0 Å². The molecule has 5 heteroatoms. The van der Waals surface area contributed by atoms with E-state index in [4.69, 9.17) is 5.11 Å². The minimum Gasteiger partial charge on any atom is -0.396 e. The Balaban J connectivity index is 2.44. The average molecular weight is 266 g/mol. The van der Waals surface area contributed by atoms with Gasteiger partial charge in [-0.05, 0) is 25.0 Å². The largest absolute Gasteiger partial charge is 0.396 e.